The molecule has 1 fully saturated rings. The summed E-state index contributed by atoms with van der Waals surface area (Å²) in [5.41, 5.74) is 0. The van der Waals surface area contributed by atoms with E-state index in [1.165, 1.54) is 7.11 Å². The fourth-order valence-corrected chi connectivity index (χ4v) is 1.64. The Labute approximate surface area is 121 Å². The Morgan fingerprint density at radius 2 is 1.57 bits per heavy atom. The van der Waals surface area contributed by atoms with E-state index in [4.69, 9.17) is 20.4 Å². The third-order valence-corrected chi connectivity index (χ3v) is 3.00. The average Bonchev–Trinajstić information content (AvgIpc) is 2.46. The van der Waals surface area contributed by atoms with Gasteiger partial charge < -0.3 is 30.5 Å². The number of methoxy groups -OCH3 is 1. The van der Waals surface area contributed by atoms with Gasteiger partial charge in [0, 0.05) is 12.6 Å². The van der Waals surface area contributed by atoms with Crippen molar-refractivity contribution in [3.8, 4) is 0 Å². The number of aliphatic carboxylic acids is 2. The molecule has 1 aliphatic rings. The summed E-state index contributed by atoms with van der Waals surface area (Å²) in [5, 5.41) is 35.8. The van der Waals surface area contributed by atoms with Crippen LogP contribution in [0.5, 0.6) is 0 Å². The molecular formula is C12H21NO8. The van der Waals surface area contributed by atoms with Crippen molar-refractivity contribution in [3.05, 3.63) is 0 Å². The van der Waals surface area contributed by atoms with Crippen LogP contribution in [0.2, 0.25) is 0 Å². The van der Waals surface area contributed by atoms with Gasteiger partial charge in [-0.3, -0.25) is 4.79 Å². The maximum Gasteiger partial charge on any atom is 0.335 e. The minimum absolute atomic E-state index is 0.0793. The number of carboxylic acid groups (broad SMARTS) is 2. The summed E-state index contributed by atoms with van der Waals surface area (Å²) in [6, 6.07) is 0.552. The molecule has 1 saturated heterocycles. The van der Waals surface area contributed by atoms with Gasteiger partial charge in [0.05, 0.1) is 13.0 Å². The predicted molar refractivity (Wildman–Crippen MR) is 69.5 cm³/mol. The fraction of sp³-hybridized carbons (Fsp3) is 0.750. The van der Waals surface area contributed by atoms with E-state index in [0.717, 1.165) is 19.4 Å². The first kappa shape index (κ1) is 19.3. The van der Waals surface area contributed by atoms with Crippen LogP contribution in [-0.4, -0.2) is 70.2 Å². The van der Waals surface area contributed by atoms with Crippen molar-refractivity contribution >= 4 is 17.9 Å². The second-order valence-electron chi connectivity index (χ2n) is 4.67. The highest BCUT2D eigenvalue weighted by atomic mass is 16.5. The molecule has 4 atom stereocenters. The van der Waals surface area contributed by atoms with Crippen molar-refractivity contribution in [2.75, 3.05) is 13.7 Å². The number of aliphatic hydroxyl groups excluding tert-OH is 2. The molecule has 0 aliphatic carbocycles. The van der Waals surface area contributed by atoms with Gasteiger partial charge in [0.15, 0.2) is 12.2 Å². The zero-order valence-electron chi connectivity index (χ0n) is 11.9. The summed E-state index contributed by atoms with van der Waals surface area (Å²) in [4.78, 5) is 30.6. The molecule has 21 heavy (non-hydrogen) atoms. The molecule has 9 heteroatoms. The highest BCUT2D eigenvalue weighted by molar-refractivity contribution is 5.83. The number of esters is 1. The van der Waals surface area contributed by atoms with E-state index >= 15 is 0 Å². The minimum atomic E-state index is -2.27. The highest BCUT2D eigenvalue weighted by Crippen LogP contribution is 2.14. The normalized spacial score (nSPS) is 24.0. The number of hydrogen-bond acceptors (Lipinski definition) is 7. The Morgan fingerprint density at radius 1 is 1.10 bits per heavy atom. The van der Waals surface area contributed by atoms with Crippen LogP contribution in [0.1, 0.15) is 19.8 Å². The van der Waals surface area contributed by atoms with Crippen molar-refractivity contribution in [2.24, 2.45) is 5.92 Å². The van der Waals surface area contributed by atoms with E-state index < -0.39 is 24.1 Å². The molecule has 9 nitrogen and oxygen atoms in total. The molecule has 122 valence electrons. The quantitative estimate of drug-likeness (QED) is 0.387. The number of hydrogen-bond donors (Lipinski definition) is 5. The Bertz CT molecular complexity index is 346. The third-order valence-electron chi connectivity index (χ3n) is 3.00. The lowest BCUT2D eigenvalue weighted by atomic mass is 9.96. The number of carbonyl (C=O) groups is 3. The maximum absolute atomic E-state index is 11.0. The number of aliphatic hydroxyl groups is 2. The van der Waals surface area contributed by atoms with Gasteiger partial charge in [-0.1, -0.05) is 0 Å². The van der Waals surface area contributed by atoms with Crippen molar-refractivity contribution in [1.82, 2.24) is 5.32 Å². The van der Waals surface area contributed by atoms with Crippen LogP contribution >= 0.6 is 0 Å². The van der Waals surface area contributed by atoms with Gasteiger partial charge in [-0.25, -0.2) is 9.59 Å². The van der Waals surface area contributed by atoms with Gasteiger partial charge in [0.25, 0.3) is 0 Å². The zero-order chi connectivity index (χ0) is 16.6. The molecule has 0 aromatic carbocycles. The van der Waals surface area contributed by atoms with Crippen molar-refractivity contribution < 1.29 is 39.5 Å². The maximum atomic E-state index is 11.0. The molecule has 4 unspecified atom stereocenters. The molecule has 1 rings (SSSR count). The van der Waals surface area contributed by atoms with Crippen LogP contribution < -0.4 is 5.32 Å². The van der Waals surface area contributed by atoms with Crippen molar-refractivity contribution in [3.63, 3.8) is 0 Å². The summed E-state index contributed by atoms with van der Waals surface area (Å²) in [7, 11) is 1.44. The number of carboxylic acids is 2. The summed E-state index contributed by atoms with van der Waals surface area (Å²) in [6.07, 6.45) is -2.50. The number of nitrogens with one attached hydrogen (secondary N) is 1. The smallest absolute Gasteiger partial charge is 0.335 e. The van der Waals surface area contributed by atoms with Crippen molar-refractivity contribution in [2.45, 2.75) is 38.0 Å². The summed E-state index contributed by atoms with van der Waals surface area (Å²) >= 11 is 0. The van der Waals surface area contributed by atoms with Gasteiger partial charge in [-0.2, -0.15) is 0 Å². The molecule has 1 heterocycles. The average molecular weight is 307 g/mol. The van der Waals surface area contributed by atoms with Crippen LogP contribution in [-0.2, 0) is 19.1 Å². The Morgan fingerprint density at radius 3 is 1.86 bits per heavy atom. The summed E-state index contributed by atoms with van der Waals surface area (Å²) in [6.45, 7) is 2.90. The number of carbonyl (C=O) groups excluding carboxylic acids is 1. The Hall–Kier alpha value is -1.71. The van der Waals surface area contributed by atoms with E-state index in [9.17, 15) is 14.4 Å². The fourth-order valence-electron chi connectivity index (χ4n) is 1.64. The number of rotatable bonds is 4. The minimum Gasteiger partial charge on any atom is -0.479 e. The van der Waals surface area contributed by atoms with Crippen LogP contribution in [0.4, 0.5) is 0 Å². The molecule has 0 radical (unpaired) electrons. The van der Waals surface area contributed by atoms with E-state index in [-0.39, 0.29) is 11.9 Å². The third kappa shape index (κ3) is 7.02. The molecule has 0 amide bonds. The number of piperidine rings is 1. The second-order valence-corrected chi connectivity index (χ2v) is 4.67. The lowest BCUT2D eigenvalue weighted by Crippen LogP contribution is -2.40. The monoisotopic (exact) mass is 307 g/mol. The zero-order valence-corrected chi connectivity index (χ0v) is 11.9. The lowest BCUT2D eigenvalue weighted by molar-refractivity contribution is -0.165. The predicted octanol–water partition coefficient (Wildman–Crippen LogP) is -1.58. The van der Waals surface area contributed by atoms with Crippen LogP contribution in [0.15, 0.2) is 0 Å². The second kappa shape index (κ2) is 9.27. The topological polar surface area (TPSA) is 153 Å². The van der Waals surface area contributed by atoms with Crippen molar-refractivity contribution in [1.29, 1.82) is 0 Å². The van der Waals surface area contributed by atoms with Gasteiger partial charge in [0.1, 0.15) is 0 Å². The van der Waals surface area contributed by atoms with Gasteiger partial charge >= 0.3 is 17.9 Å². The molecule has 0 aromatic heterocycles. The number of ether oxygens (including phenoxy) is 1. The molecule has 0 aromatic rings. The van der Waals surface area contributed by atoms with Gasteiger partial charge in [-0.05, 0) is 19.8 Å². The molecular weight excluding hydrogens is 286 g/mol. The summed E-state index contributed by atoms with van der Waals surface area (Å²) in [5.74, 6) is -3.54. The van der Waals surface area contributed by atoms with Crippen LogP contribution in [0.25, 0.3) is 0 Å². The van der Waals surface area contributed by atoms with Gasteiger partial charge in [-0.15, -0.1) is 0 Å². The largest absolute Gasteiger partial charge is 0.479 e. The Balaban J connectivity index is 0.000000384. The van der Waals surface area contributed by atoms with E-state index in [1.54, 1.807) is 0 Å². The Kier molecular flexibility index (Phi) is 8.51. The highest BCUT2D eigenvalue weighted by Gasteiger charge is 2.29. The van der Waals surface area contributed by atoms with E-state index in [0.29, 0.717) is 6.04 Å². The molecule has 0 saturated carbocycles. The van der Waals surface area contributed by atoms with Crippen LogP contribution in [0, 0.1) is 5.92 Å². The summed E-state index contributed by atoms with van der Waals surface area (Å²) < 4.78 is 4.65. The van der Waals surface area contributed by atoms with Crippen LogP contribution in [0.3, 0.4) is 0 Å². The SMILES string of the molecule is COC(=O)C1CCC(C)NC1.O=C(O)C(O)C(O)C(=O)O. The van der Waals surface area contributed by atoms with E-state index in [2.05, 4.69) is 17.0 Å². The first-order valence-electron chi connectivity index (χ1n) is 6.33. The standard InChI is InChI=1S/C8H15NO2.C4H6O6/c1-6-3-4-7(5-9-6)8(10)11-2;5-1(3(7)8)2(6)4(9)10/h6-7,9H,3-5H2,1-2H3;1-2,5-6H,(H,7,8)(H,9,10). The molecule has 5 N–H and O–H groups in total. The van der Waals surface area contributed by atoms with E-state index in [1.807, 2.05) is 0 Å². The molecule has 0 spiro atoms. The lowest BCUT2D eigenvalue weighted by Gasteiger charge is -2.25. The first-order valence-corrected chi connectivity index (χ1v) is 6.33. The molecule has 1 aliphatic heterocycles. The van der Waals surface area contributed by atoms with Gasteiger partial charge in [0.2, 0.25) is 0 Å². The first-order chi connectivity index (χ1) is 9.70. The molecule has 0 bridgehead atoms.